The van der Waals surface area contributed by atoms with E-state index < -0.39 is 17.9 Å². The summed E-state index contributed by atoms with van der Waals surface area (Å²) in [4.78, 5) is 23.3. The standard InChI is InChI=1S/C16H18FN3O3/c1-2-3-4-14(16(22)23)18-15(21)13-9-10-20(19-13)12-7-5-11(17)6-8-12/h5-10,14H,2-4H2,1H3,(H,18,21)(H,22,23)/t14-/m0/s1. The van der Waals surface area contributed by atoms with Crippen molar-refractivity contribution in [3.8, 4) is 5.69 Å². The quantitative estimate of drug-likeness (QED) is 0.820. The van der Waals surface area contributed by atoms with Crippen LogP contribution in [0.3, 0.4) is 0 Å². The average molecular weight is 319 g/mol. The van der Waals surface area contributed by atoms with E-state index in [0.29, 0.717) is 18.5 Å². The van der Waals surface area contributed by atoms with Crippen LogP contribution in [0.1, 0.15) is 36.7 Å². The molecule has 1 atom stereocenters. The summed E-state index contributed by atoms with van der Waals surface area (Å²) in [7, 11) is 0. The van der Waals surface area contributed by atoms with Gasteiger partial charge in [-0.05, 0) is 36.8 Å². The molecule has 2 rings (SSSR count). The highest BCUT2D eigenvalue weighted by molar-refractivity contribution is 5.94. The van der Waals surface area contributed by atoms with Gasteiger partial charge in [0, 0.05) is 6.20 Å². The van der Waals surface area contributed by atoms with E-state index >= 15 is 0 Å². The number of carboxylic acids is 1. The number of carboxylic acid groups (broad SMARTS) is 1. The summed E-state index contributed by atoms with van der Waals surface area (Å²) in [6.45, 7) is 1.95. The van der Waals surface area contributed by atoms with Crippen molar-refractivity contribution in [2.75, 3.05) is 0 Å². The minimum absolute atomic E-state index is 0.108. The molecule has 0 bridgehead atoms. The minimum atomic E-state index is -1.07. The second-order valence-corrected chi connectivity index (χ2v) is 5.13. The van der Waals surface area contributed by atoms with E-state index in [-0.39, 0.29) is 11.5 Å². The average Bonchev–Trinajstić information content (AvgIpc) is 3.01. The Balaban J connectivity index is 2.08. The number of hydrogen-bond donors (Lipinski definition) is 2. The van der Waals surface area contributed by atoms with E-state index in [9.17, 15) is 14.0 Å². The predicted molar refractivity (Wildman–Crippen MR) is 81.9 cm³/mol. The van der Waals surface area contributed by atoms with Gasteiger partial charge in [0.25, 0.3) is 5.91 Å². The normalized spacial score (nSPS) is 11.9. The number of aromatic nitrogens is 2. The maximum Gasteiger partial charge on any atom is 0.326 e. The second kappa shape index (κ2) is 7.53. The summed E-state index contributed by atoms with van der Waals surface area (Å²) >= 11 is 0. The zero-order chi connectivity index (χ0) is 16.8. The monoisotopic (exact) mass is 319 g/mol. The number of benzene rings is 1. The first kappa shape index (κ1) is 16.7. The van der Waals surface area contributed by atoms with E-state index in [1.165, 1.54) is 35.0 Å². The van der Waals surface area contributed by atoms with Crippen LogP contribution in [0.2, 0.25) is 0 Å². The van der Waals surface area contributed by atoms with Gasteiger partial charge in [-0.25, -0.2) is 13.9 Å². The van der Waals surface area contributed by atoms with Crippen LogP contribution >= 0.6 is 0 Å². The maximum absolute atomic E-state index is 12.9. The van der Waals surface area contributed by atoms with Gasteiger partial charge in [-0.15, -0.1) is 0 Å². The minimum Gasteiger partial charge on any atom is -0.480 e. The fourth-order valence-corrected chi connectivity index (χ4v) is 2.08. The van der Waals surface area contributed by atoms with Crippen molar-refractivity contribution >= 4 is 11.9 Å². The van der Waals surface area contributed by atoms with Gasteiger partial charge in [0.1, 0.15) is 11.9 Å². The lowest BCUT2D eigenvalue weighted by Gasteiger charge is -2.12. The molecule has 0 fully saturated rings. The summed E-state index contributed by atoms with van der Waals surface area (Å²) in [5, 5.41) is 15.7. The molecule has 23 heavy (non-hydrogen) atoms. The molecule has 0 aliphatic carbocycles. The SMILES string of the molecule is CCCC[C@H](NC(=O)c1ccn(-c2ccc(F)cc2)n1)C(=O)O. The summed E-state index contributed by atoms with van der Waals surface area (Å²) < 4.78 is 14.3. The third kappa shape index (κ3) is 4.38. The van der Waals surface area contributed by atoms with Gasteiger partial charge in [0.2, 0.25) is 0 Å². The Bertz CT molecular complexity index is 682. The van der Waals surface area contributed by atoms with Crippen LogP contribution in [0.25, 0.3) is 5.69 Å². The fourth-order valence-electron chi connectivity index (χ4n) is 2.08. The number of halogens is 1. The van der Waals surface area contributed by atoms with Crippen LogP contribution < -0.4 is 5.32 Å². The molecule has 0 aliphatic rings. The Hall–Kier alpha value is -2.70. The molecule has 2 aromatic rings. The molecule has 7 heteroatoms. The molecule has 1 aromatic carbocycles. The largest absolute Gasteiger partial charge is 0.480 e. The molecule has 6 nitrogen and oxygen atoms in total. The fraction of sp³-hybridized carbons (Fsp3) is 0.312. The molecule has 0 saturated carbocycles. The highest BCUT2D eigenvalue weighted by atomic mass is 19.1. The van der Waals surface area contributed by atoms with E-state index in [4.69, 9.17) is 5.11 Å². The Labute approximate surface area is 132 Å². The zero-order valence-electron chi connectivity index (χ0n) is 12.7. The molecule has 1 heterocycles. The molecule has 122 valence electrons. The van der Waals surface area contributed by atoms with Crippen molar-refractivity contribution in [1.82, 2.24) is 15.1 Å². The Morgan fingerprint density at radius 2 is 2.00 bits per heavy atom. The summed E-state index contributed by atoms with van der Waals surface area (Å²) in [5.74, 6) is -1.97. The van der Waals surface area contributed by atoms with Gasteiger partial charge in [0.05, 0.1) is 5.69 Å². The van der Waals surface area contributed by atoms with Crippen molar-refractivity contribution in [3.05, 3.63) is 48.0 Å². The van der Waals surface area contributed by atoms with Gasteiger partial charge in [-0.2, -0.15) is 5.10 Å². The first-order valence-electron chi connectivity index (χ1n) is 7.36. The molecule has 0 saturated heterocycles. The van der Waals surface area contributed by atoms with Gasteiger partial charge < -0.3 is 10.4 Å². The zero-order valence-corrected chi connectivity index (χ0v) is 12.7. The Kier molecular flexibility index (Phi) is 5.46. The lowest BCUT2D eigenvalue weighted by molar-refractivity contribution is -0.139. The summed E-state index contributed by atoms with van der Waals surface area (Å²) in [5.41, 5.74) is 0.711. The number of unbranched alkanes of at least 4 members (excludes halogenated alkanes) is 1. The van der Waals surface area contributed by atoms with Crippen molar-refractivity contribution in [3.63, 3.8) is 0 Å². The lowest BCUT2D eigenvalue weighted by Crippen LogP contribution is -2.40. The highest BCUT2D eigenvalue weighted by Crippen LogP contribution is 2.09. The molecular weight excluding hydrogens is 301 g/mol. The number of nitrogens with zero attached hydrogens (tertiary/aromatic N) is 2. The maximum atomic E-state index is 12.9. The van der Waals surface area contributed by atoms with E-state index in [2.05, 4.69) is 10.4 Å². The van der Waals surface area contributed by atoms with Crippen molar-refractivity contribution < 1.29 is 19.1 Å². The predicted octanol–water partition coefficient (Wildman–Crippen LogP) is 2.38. The molecule has 0 aliphatic heterocycles. The van der Waals surface area contributed by atoms with Gasteiger partial charge in [-0.1, -0.05) is 19.8 Å². The van der Waals surface area contributed by atoms with Gasteiger partial charge >= 0.3 is 5.97 Å². The first-order chi connectivity index (χ1) is 11.0. The molecule has 0 unspecified atom stereocenters. The molecule has 1 amide bonds. The van der Waals surface area contributed by atoms with Crippen LogP contribution in [0.4, 0.5) is 4.39 Å². The summed E-state index contributed by atoms with van der Waals surface area (Å²) in [6, 6.07) is 6.20. The number of amides is 1. The molecule has 0 radical (unpaired) electrons. The van der Waals surface area contributed by atoms with Crippen molar-refractivity contribution in [1.29, 1.82) is 0 Å². The highest BCUT2D eigenvalue weighted by Gasteiger charge is 2.21. The number of rotatable bonds is 7. The smallest absolute Gasteiger partial charge is 0.326 e. The molecule has 2 N–H and O–H groups in total. The second-order valence-electron chi connectivity index (χ2n) is 5.13. The number of aliphatic carboxylic acids is 1. The van der Waals surface area contributed by atoms with Crippen LogP contribution in [0.5, 0.6) is 0 Å². The van der Waals surface area contributed by atoms with Crippen LogP contribution in [0.15, 0.2) is 36.5 Å². The number of hydrogen-bond acceptors (Lipinski definition) is 3. The van der Waals surface area contributed by atoms with Gasteiger partial charge in [-0.3, -0.25) is 4.79 Å². The number of carbonyl (C=O) groups is 2. The Morgan fingerprint density at radius 1 is 1.30 bits per heavy atom. The molecular formula is C16H18FN3O3. The van der Waals surface area contributed by atoms with Crippen LogP contribution in [-0.2, 0) is 4.79 Å². The Morgan fingerprint density at radius 3 is 2.61 bits per heavy atom. The third-order valence-electron chi connectivity index (χ3n) is 3.36. The first-order valence-corrected chi connectivity index (χ1v) is 7.36. The van der Waals surface area contributed by atoms with E-state index in [1.807, 2.05) is 6.92 Å². The van der Waals surface area contributed by atoms with E-state index in [0.717, 1.165) is 6.42 Å². The summed E-state index contributed by atoms with van der Waals surface area (Å²) in [6.07, 6.45) is 3.49. The van der Waals surface area contributed by atoms with Crippen LogP contribution in [0, 0.1) is 5.82 Å². The number of nitrogens with one attached hydrogen (secondary N) is 1. The van der Waals surface area contributed by atoms with E-state index in [1.54, 1.807) is 6.20 Å². The van der Waals surface area contributed by atoms with Gasteiger partial charge in [0.15, 0.2) is 5.69 Å². The van der Waals surface area contributed by atoms with Crippen molar-refractivity contribution in [2.45, 2.75) is 32.2 Å². The molecule has 0 spiro atoms. The number of carbonyl (C=O) groups excluding carboxylic acids is 1. The van der Waals surface area contributed by atoms with Crippen molar-refractivity contribution in [2.24, 2.45) is 0 Å². The van der Waals surface area contributed by atoms with Crippen LogP contribution in [-0.4, -0.2) is 32.8 Å². The third-order valence-corrected chi connectivity index (χ3v) is 3.36. The topological polar surface area (TPSA) is 84.2 Å². The lowest BCUT2D eigenvalue weighted by atomic mass is 10.1. The molecule has 1 aromatic heterocycles.